The fourth-order valence-electron chi connectivity index (χ4n) is 4.58. The molecule has 0 amide bonds. The number of aromatic hydroxyl groups is 1. The summed E-state index contributed by atoms with van der Waals surface area (Å²) in [6.45, 7) is 3.82. The van der Waals surface area contributed by atoms with Gasteiger partial charge in [-0.25, -0.2) is 14.2 Å². The lowest BCUT2D eigenvalue weighted by molar-refractivity contribution is 0.287. The van der Waals surface area contributed by atoms with Gasteiger partial charge in [0, 0.05) is 62.9 Å². The highest BCUT2D eigenvalue weighted by Gasteiger charge is 2.20. The predicted molar refractivity (Wildman–Crippen MR) is 144 cm³/mol. The monoisotopic (exact) mass is 517 g/mol. The number of piperazine rings is 1. The number of pyridine rings is 1. The van der Waals surface area contributed by atoms with Crippen LogP contribution >= 0.6 is 11.6 Å². The van der Waals surface area contributed by atoms with Crippen molar-refractivity contribution in [1.82, 2.24) is 19.0 Å². The topological polar surface area (TPSA) is 66.5 Å². The molecule has 5 rings (SSSR count). The fraction of sp³-hybridized carbons (Fsp3) is 0.214. The van der Waals surface area contributed by atoms with Gasteiger partial charge in [0.15, 0.2) is 0 Å². The number of anilines is 1. The number of imidazole rings is 1. The van der Waals surface area contributed by atoms with Gasteiger partial charge < -0.3 is 14.6 Å². The van der Waals surface area contributed by atoms with Gasteiger partial charge in [0.05, 0.1) is 17.3 Å². The number of aromatic nitrogens is 3. The number of benzene rings is 2. The van der Waals surface area contributed by atoms with Crippen LogP contribution < -0.4 is 10.6 Å². The average Bonchev–Trinajstić information content (AvgIpc) is 3.23. The summed E-state index contributed by atoms with van der Waals surface area (Å²) in [6.07, 6.45) is 10.3. The standard InChI is InChI=1S/C28H25ClFN5O2/c1-3-8-33-10-12-34(13-11-33)26-16-20(6-7-31-26)23-18-21(30)17-22(27(23)36)19-4-5-25(24(29)15-19)35-14-9-32(2)28(35)37/h1,4-7,9,14-18,36H,8,10-13H2,2H3. The zero-order valence-electron chi connectivity index (χ0n) is 20.2. The summed E-state index contributed by atoms with van der Waals surface area (Å²) in [7, 11) is 1.65. The molecular formula is C28H25ClFN5O2. The highest BCUT2D eigenvalue weighted by atomic mass is 35.5. The number of halogens is 2. The van der Waals surface area contributed by atoms with Crippen LogP contribution in [0.1, 0.15) is 0 Å². The smallest absolute Gasteiger partial charge is 0.332 e. The third kappa shape index (κ3) is 4.84. The molecule has 7 nitrogen and oxygen atoms in total. The van der Waals surface area contributed by atoms with Crippen LogP contribution in [0.25, 0.3) is 27.9 Å². The van der Waals surface area contributed by atoms with Gasteiger partial charge in [0.2, 0.25) is 0 Å². The fourth-order valence-corrected chi connectivity index (χ4v) is 4.85. The van der Waals surface area contributed by atoms with Crippen LogP contribution in [0.3, 0.4) is 0 Å². The molecule has 0 aliphatic carbocycles. The van der Waals surface area contributed by atoms with E-state index in [0.29, 0.717) is 39.5 Å². The van der Waals surface area contributed by atoms with Gasteiger partial charge in [-0.3, -0.25) is 9.47 Å². The number of nitrogens with zero attached hydrogens (tertiary/aromatic N) is 5. The number of hydrogen-bond donors (Lipinski definition) is 1. The molecule has 1 aliphatic heterocycles. The zero-order chi connectivity index (χ0) is 26.1. The Morgan fingerprint density at radius 3 is 2.38 bits per heavy atom. The van der Waals surface area contributed by atoms with E-state index < -0.39 is 5.82 Å². The number of phenols is 1. The summed E-state index contributed by atoms with van der Waals surface area (Å²) in [5.74, 6) is 2.86. The molecule has 1 saturated heterocycles. The van der Waals surface area contributed by atoms with Crippen molar-refractivity contribution < 1.29 is 9.50 Å². The summed E-state index contributed by atoms with van der Waals surface area (Å²) in [4.78, 5) is 21.2. The summed E-state index contributed by atoms with van der Waals surface area (Å²) in [5.41, 5.74) is 2.07. The van der Waals surface area contributed by atoms with Crippen molar-refractivity contribution in [3.8, 4) is 46.0 Å². The Bertz CT molecular complexity index is 1560. The Hall–Kier alpha value is -4.06. The quantitative estimate of drug-likeness (QED) is 0.403. The summed E-state index contributed by atoms with van der Waals surface area (Å²) in [5, 5.41) is 11.5. The van der Waals surface area contributed by atoms with Gasteiger partial charge in [-0.05, 0) is 47.5 Å². The molecule has 0 saturated carbocycles. The Labute approximate surface area is 219 Å². The van der Waals surface area contributed by atoms with Crippen LogP contribution in [0.4, 0.5) is 10.2 Å². The first-order valence-electron chi connectivity index (χ1n) is 11.8. The lowest BCUT2D eigenvalue weighted by Crippen LogP contribution is -2.46. The van der Waals surface area contributed by atoms with Gasteiger partial charge in [0.25, 0.3) is 0 Å². The lowest BCUT2D eigenvalue weighted by Gasteiger charge is -2.34. The van der Waals surface area contributed by atoms with E-state index in [1.54, 1.807) is 49.9 Å². The number of phenolic OH excluding ortho intramolecular Hbond substituents is 1. The van der Waals surface area contributed by atoms with E-state index >= 15 is 0 Å². The zero-order valence-corrected chi connectivity index (χ0v) is 21.0. The van der Waals surface area contributed by atoms with Crippen LogP contribution in [-0.2, 0) is 7.05 Å². The van der Waals surface area contributed by atoms with Gasteiger partial charge in [0.1, 0.15) is 17.4 Å². The second kappa shape index (κ2) is 10.1. The van der Waals surface area contributed by atoms with Crippen molar-refractivity contribution in [3.63, 3.8) is 0 Å². The van der Waals surface area contributed by atoms with E-state index in [1.807, 2.05) is 6.07 Å². The molecule has 2 aromatic heterocycles. The molecule has 9 heteroatoms. The molecule has 1 aliphatic rings. The van der Waals surface area contributed by atoms with Crippen molar-refractivity contribution in [2.24, 2.45) is 7.05 Å². The molecule has 1 fully saturated rings. The maximum atomic E-state index is 14.8. The second-order valence-electron chi connectivity index (χ2n) is 8.95. The van der Waals surface area contributed by atoms with Crippen LogP contribution in [0.15, 0.2) is 65.8 Å². The van der Waals surface area contributed by atoms with Crippen molar-refractivity contribution in [3.05, 3.63) is 82.4 Å². The molecule has 37 heavy (non-hydrogen) atoms. The maximum Gasteiger partial charge on any atom is 0.332 e. The van der Waals surface area contributed by atoms with Crippen molar-refractivity contribution in [1.29, 1.82) is 0 Å². The molecule has 1 N–H and O–H groups in total. The third-order valence-corrected chi connectivity index (χ3v) is 6.91. The molecule has 4 aromatic rings. The second-order valence-corrected chi connectivity index (χ2v) is 9.35. The number of terminal acetylenes is 1. The van der Waals surface area contributed by atoms with Crippen LogP contribution in [0.5, 0.6) is 5.75 Å². The van der Waals surface area contributed by atoms with E-state index in [2.05, 4.69) is 20.7 Å². The molecular weight excluding hydrogens is 493 g/mol. The van der Waals surface area contributed by atoms with E-state index in [4.69, 9.17) is 18.0 Å². The van der Waals surface area contributed by atoms with E-state index in [1.165, 1.54) is 21.3 Å². The first-order valence-corrected chi connectivity index (χ1v) is 12.2. The Morgan fingerprint density at radius 2 is 1.76 bits per heavy atom. The molecule has 0 radical (unpaired) electrons. The highest BCUT2D eigenvalue weighted by Crippen LogP contribution is 2.40. The molecule has 0 bridgehead atoms. The minimum Gasteiger partial charge on any atom is -0.507 e. The SMILES string of the molecule is C#CCN1CCN(c2cc(-c3cc(F)cc(-c4ccc(-n5ccn(C)c5=O)c(Cl)c4)c3O)ccn2)CC1. The predicted octanol–water partition coefficient (Wildman–Crippen LogP) is 4.16. The Morgan fingerprint density at radius 1 is 1.05 bits per heavy atom. The van der Waals surface area contributed by atoms with Crippen LogP contribution in [-0.4, -0.2) is 56.8 Å². The normalized spacial score (nSPS) is 14.1. The van der Waals surface area contributed by atoms with Crippen molar-refractivity contribution >= 4 is 17.4 Å². The van der Waals surface area contributed by atoms with E-state index in [9.17, 15) is 14.3 Å². The first-order chi connectivity index (χ1) is 17.9. The van der Waals surface area contributed by atoms with Gasteiger partial charge in [-0.2, -0.15) is 0 Å². The van der Waals surface area contributed by atoms with Crippen LogP contribution in [0.2, 0.25) is 5.02 Å². The maximum absolute atomic E-state index is 14.8. The minimum atomic E-state index is -0.497. The van der Waals surface area contributed by atoms with Gasteiger partial charge in [-0.15, -0.1) is 6.42 Å². The van der Waals surface area contributed by atoms with Crippen molar-refractivity contribution in [2.45, 2.75) is 0 Å². The average molecular weight is 518 g/mol. The number of hydrogen-bond acceptors (Lipinski definition) is 5. The summed E-state index contributed by atoms with van der Waals surface area (Å²) in [6, 6.07) is 11.2. The van der Waals surface area contributed by atoms with Crippen LogP contribution in [0, 0.1) is 18.2 Å². The number of rotatable bonds is 5. The van der Waals surface area contributed by atoms with Gasteiger partial charge >= 0.3 is 5.69 Å². The number of aryl methyl sites for hydroxylation is 1. The Balaban J connectivity index is 1.48. The molecule has 3 heterocycles. The first kappa shape index (κ1) is 24.6. The third-order valence-electron chi connectivity index (χ3n) is 6.61. The van der Waals surface area contributed by atoms with Crippen molar-refractivity contribution in [2.75, 3.05) is 37.6 Å². The molecule has 0 spiro atoms. The van der Waals surface area contributed by atoms with E-state index in [-0.39, 0.29) is 11.4 Å². The Kier molecular flexibility index (Phi) is 6.74. The van der Waals surface area contributed by atoms with E-state index in [0.717, 1.165) is 32.0 Å². The lowest BCUT2D eigenvalue weighted by atomic mass is 9.97. The molecule has 0 atom stereocenters. The highest BCUT2D eigenvalue weighted by molar-refractivity contribution is 6.32. The largest absolute Gasteiger partial charge is 0.507 e. The van der Waals surface area contributed by atoms with Gasteiger partial charge in [-0.1, -0.05) is 23.6 Å². The molecule has 2 aromatic carbocycles. The molecule has 188 valence electrons. The summed E-state index contributed by atoms with van der Waals surface area (Å²) < 4.78 is 17.7. The summed E-state index contributed by atoms with van der Waals surface area (Å²) >= 11 is 6.51. The molecule has 0 unspecified atom stereocenters. The minimum absolute atomic E-state index is 0.0712.